The van der Waals surface area contributed by atoms with E-state index in [9.17, 15) is 4.79 Å². The summed E-state index contributed by atoms with van der Waals surface area (Å²) in [5.41, 5.74) is 1.31. The van der Waals surface area contributed by atoms with Crippen molar-refractivity contribution in [2.24, 2.45) is 0 Å². The molecule has 1 aliphatic rings. The van der Waals surface area contributed by atoms with Crippen LogP contribution in [0.5, 0.6) is 0 Å². The van der Waals surface area contributed by atoms with Gasteiger partial charge >= 0.3 is 0 Å². The molecule has 0 aliphatic carbocycles. The molecule has 1 amide bonds. The van der Waals surface area contributed by atoms with Gasteiger partial charge < -0.3 is 9.80 Å². The minimum Gasteiger partial charge on any atom is -0.333 e. The topological polar surface area (TPSA) is 36.4 Å². The van der Waals surface area contributed by atoms with Gasteiger partial charge in [0, 0.05) is 42.3 Å². The van der Waals surface area contributed by atoms with E-state index in [1.54, 1.807) is 12.3 Å². The summed E-state index contributed by atoms with van der Waals surface area (Å²) in [7, 11) is 2.08. The molecule has 2 heterocycles. The number of piperazine rings is 1. The Labute approximate surface area is 129 Å². The third kappa shape index (κ3) is 2.74. The summed E-state index contributed by atoms with van der Waals surface area (Å²) >= 11 is 6.16. The fourth-order valence-corrected chi connectivity index (χ4v) is 3.14. The van der Waals surface area contributed by atoms with E-state index in [2.05, 4.69) is 23.9 Å². The highest BCUT2D eigenvalue weighted by Gasteiger charge is 2.28. The number of fused-ring (bicyclic) bond motifs is 1. The molecule has 2 aromatic rings. The van der Waals surface area contributed by atoms with Crippen molar-refractivity contribution in [2.45, 2.75) is 13.0 Å². The number of hydrogen-bond acceptors (Lipinski definition) is 3. The van der Waals surface area contributed by atoms with E-state index >= 15 is 0 Å². The Morgan fingerprint density at radius 3 is 2.95 bits per heavy atom. The maximum atomic E-state index is 12.9. The van der Waals surface area contributed by atoms with Crippen LogP contribution in [0.15, 0.2) is 30.5 Å². The summed E-state index contributed by atoms with van der Waals surface area (Å²) in [6.45, 7) is 4.59. The first kappa shape index (κ1) is 14.3. The van der Waals surface area contributed by atoms with E-state index in [0.717, 1.165) is 30.5 Å². The summed E-state index contributed by atoms with van der Waals surface area (Å²) in [5.74, 6) is 0.0156. The second kappa shape index (κ2) is 5.62. The third-order valence-corrected chi connectivity index (χ3v) is 4.21. The summed E-state index contributed by atoms with van der Waals surface area (Å²) < 4.78 is 0. The van der Waals surface area contributed by atoms with Crippen molar-refractivity contribution in [3.8, 4) is 0 Å². The number of aromatic nitrogens is 1. The van der Waals surface area contributed by atoms with Crippen LogP contribution in [0, 0.1) is 0 Å². The van der Waals surface area contributed by atoms with Gasteiger partial charge in [-0.2, -0.15) is 0 Å². The minimum atomic E-state index is 0.0156. The van der Waals surface area contributed by atoms with Crippen LogP contribution < -0.4 is 0 Å². The largest absolute Gasteiger partial charge is 0.333 e. The molecule has 0 unspecified atom stereocenters. The van der Waals surface area contributed by atoms with E-state index in [0.29, 0.717) is 10.6 Å². The molecule has 1 aromatic heterocycles. The maximum absolute atomic E-state index is 12.9. The van der Waals surface area contributed by atoms with Gasteiger partial charge in [-0.15, -0.1) is 0 Å². The number of halogens is 1. The smallest absolute Gasteiger partial charge is 0.256 e. The Kier molecular flexibility index (Phi) is 3.83. The van der Waals surface area contributed by atoms with Crippen LogP contribution in [0.4, 0.5) is 0 Å². The quantitative estimate of drug-likeness (QED) is 0.812. The number of likely N-dealkylation sites (N-methyl/N-ethyl adjacent to an activating group) is 1. The van der Waals surface area contributed by atoms with E-state index < -0.39 is 0 Å². The van der Waals surface area contributed by atoms with Crippen molar-refractivity contribution in [2.75, 3.05) is 26.7 Å². The molecule has 110 valence electrons. The first-order valence-corrected chi connectivity index (χ1v) is 7.48. The van der Waals surface area contributed by atoms with Gasteiger partial charge in [0.15, 0.2) is 0 Å². The zero-order valence-corrected chi connectivity index (χ0v) is 13.0. The minimum absolute atomic E-state index is 0.0156. The first-order chi connectivity index (χ1) is 10.1. The van der Waals surface area contributed by atoms with Crippen LogP contribution >= 0.6 is 11.6 Å². The summed E-state index contributed by atoms with van der Waals surface area (Å²) in [6, 6.07) is 7.54. The number of benzene rings is 1. The van der Waals surface area contributed by atoms with Gasteiger partial charge in [0.05, 0.1) is 11.1 Å². The zero-order chi connectivity index (χ0) is 15.0. The Morgan fingerprint density at radius 2 is 2.19 bits per heavy atom. The zero-order valence-electron chi connectivity index (χ0n) is 12.2. The van der Waals surface area contributed by atoms with Crippen molar-refractivity contribution in [1.82, 2.24) is 14.8 Å². The molecule has 0 bridgehead atoms. The molecule has 0 N–H and O–H groups in total. The predicted octanol–water partition coefficient (Wildman–Crippen LogP) is 2.66. The second-order valence-corrected chi connectivity index (χ2v) is 6.07. The Balaban J connectivity index is 2.02. The van der Waals surface area contributed by atoms with Crippen LogP contribution in [-0.4, -0.2) is 53.4 Å². The molecular formula is C16H18ClN3O. The second-order valence-electron chi connectivity index (χ2n) is 5.64. The fourth-order valence-electron chi connectivity index (χ4n) is 2.91. The molecule has 5 heteroatoms. The monoisotopic (exact) mass is 303 g/mol. The molecule has 0 radical (unpaired) electrons. The number of rotatable bonds is 1. The Bertz CT molecular complexity index is 688. The molecule has 0 spiro atoms. The number of amides is 1. The van der Waals surface area contributed by atoms with Gasteiger partial charge in [-0.3, -0.25) is 9.78 Å². The Hall–Kier alpha value is -1.65. The van der Waals surface area contributed by atoms with Gasteiger partial charge in [0.2, 0.25) is 0 Å². The lowest BCUT2D eigenvalue weighted by Crippen LogP contribution is -2.52. The maximum Gasteiger partial charge on any atom is 0.256 e. The summed E-state index contributed by atoms with van der Waals surface area (Å²) in [6.07, 6.45) is 1.71. The van der Waals surface area contributed by atoms with E-state index in [1.165, 1.54) is 0 Å². The predicted molar refractivity (Wildman–Crippen MR) is 84.7 cm³/mol. The molecule has 1 aromatic carbocycles. The molecule has 4 nitrogen and oxygen atoms in total. The van der Waals surface area contributed by atoms with Crippen LogP contribution in [-0.2, 0) is 0 Å². The molecule has 1 atom stereocenters. The van der Waals surface area contributed by atoms with Crippen molar-refractivity contribution >= 4 is 28.4 Å². The van der Waals surface area contributed by atoms with Gasteiger partial charge in [-0.05, 0) is 32.2 Å². The SMILES string of the molecule is C[C@H]1CN(C)CCN1C(=O)c1cc(Cl)cc2cccnc12. The van der Waals surface area contributed by atoms with Crippen LogP contribution in [0.1, 0.15) is 17.3 Å². The van der Waals surface area contributed by atoms with Crippen LogP contribution in [0.3, 0.4) is 0 Å². The fraction of sp³-hybridized carbons (Fsp3) is 0.375. The highest BCUT2D eigenvalue weighted by atomic mass is 35.5. The van der Waals surface area contributed by atoms with Gasteiger partial charge in [-0.25, -0.2) is 0 Å². The van der Waals surface area contributed by atoms with Crippen LogP contribution in [0.25, 0.3) is 10.9 Å². The summed E-state index contributed by atoms with van der Waals surface area (Å²) in [5, 5.41) is 1.47. The molecule has 21 heavy (non-hydrogen) atoms. The Morgan fingerprint density at radius 1 is 1.38 bits per heavy atom. The van der Waals surface area contributed by atoms with Gasteiger partial charge in [0.25, 0.3) is 5.91 Å². The van der Waals surface area contributed by atoms with Crippen molar-refractivity contribution in [3.05, 3.63) is 41.0 Å². The van der Waals surface area contributed by atoms with Crippen molar-refractivity contribution in [3.63, 3.8) is 0 Å². The standard InChI is InChI=1S/C16H18ClN3O/c1-11-10-19(2)6-7-20(11)16(21)14-9-13(17)8-12-4-3-5-18-15(12)14/h3-5,8-9,11H,6-7,10H2,1-2H3/t11-/m0/s1. The van der Waals surface area contributed by atoms with Crippen molar-refractivity contribution in [1.29, 1.82) is 0 Å². The van der Waals surface area contributed by atoms with E-state index in [-0.39, 0.29) is 11.9 Å². The highest BCUT2D eigenvalue weighted by Crippen LogP contribution is 2.24. The van der Waals surface area contributed by atoms with E-state index in [1.807, 2.05) is 23.1 Å². The van der Waals surface area contributed by atoms with Crippen LogP contribution in [0.2, 0.25) is 5.02 Å². The highest BCUT2D eigenvalue weighted by molar-refractivity contribution is 6.32. The molecule has 1 fully saturated rings. The molecule has 3 rings (SSSR count). The normalized spacial score (nSPS) is 20.0. The van der Waals surface area contributed by atoms with Gasteiger partial charge in [0.1, 0.15) is 0 Å². The first-order valence-electron chi connectivity index (χ1n) is 7.10. The van der Waals surface area contributed by atoms with Crippen molar-refractivity contribution < 1.29 is 4.79 Å². The van der Waals surface area contributed by atoms with Gasteiger partial charge in [-0.1, -0.05) is 17.7 Å². The lowest BCUT2D eigenvalue weighted by Gasteiger charge is -2.38. The number of carbonyl (C=O) groups excluding carboxylic acids is 1. The third-order valence-electron chi connectivity index (χ3n) is 3.99. The number of hydrogen-bond donors (Lipinski definition) is 0. The molecule has 0 saturated carbocycles. The lowest BCUT2D eigenvalue weighted by atomic mass is 10.1. The summed E-state index contributed by atoms with van der Waals surface area (Å²) in [4.78, 5) is 21.4. The molecule has 1 aliphatic heterocycles. The molecular weight excluding hydrogens is 286 g/mol. The average molecular weight is 304 g/mol. The van der Waals surface area contributed by atoms with E-state index in [4.69, 9.17) is 11.6 Å². The number of carbonyl (C=O) groups is 1. The number of nitrogens with zero attached hydrogens (tertiary/aromatic N) is 3. The average Bonchev–Trinajstić information content (AvgIpc) is 2.45. The lowest BCUT2D eigenvalue weighted by molar-refractivity contribution is 0.0535. The number of pyridine rings is 1. The molecule has 1 saturated heterocycles.